The number of hydrogen-bond acceptors (Lipinski definition) is 4. The topological polar surface area (TPSA) is 49.2 Å². The van der Waals surface area contributed by atoms with Gasteiger partial charge in [0.05, 0.1) is 24.2 Å². The molecule has 0 amide bonds. The van der Waals surface area contributed by atoms with Gasteiger partial charge >= 0.3 is 0 Å². The summed E-state index contributed by atoms with van der Waals surface area (Å²) in [5, 5.41) is 9.48. The summed E-state index contributed by atoms with van der Waals surface area (Å²) in [5.74, 6) is 1.07. The molecule has 0 aliphatic heterocycles. The molecule has 0 aliphatic rings. The van der Waals surface area contributed by atoms with Gasteiger partial charge in [-0.15, -0.1) is 0 Å². The van der Waals surface area contributed by atoms with Gasteiger partial charge in [0.25, 0.3) is 0 Å². The maximum atomic E-state index is 9.48. The largest absolute Gasteiger partial charge is 0.390 e. The van der Waals surface area contributed by atoms with Crippen molar-refractivity contribution >= 4 is 5.69 Å². The van der Waals surface area contributed by atoms with Crippen LogP contribution in [0.3, 0.4) is 0 Å². The molecule has 0 saturated carbocycles. The Morgan fingerprint density at radius 3 is 2.33 bits per heavy atom. The number of aliphatic hydroxyl groups excluding tert-OH is 1. The zero-order chi connectivity index (χ0) is 13.7. The fraction of sp³-hybridized carbons (Fsp3) is 0.714. The third-order valence-electron chi connectivity index (χ3n) is 3.40. The van der Waals surface area contributed by atoms with E-state index in [9.17, 15) is 5.11 Å². The minimum Gasteiger partial charge on any atom is -0.390 e. The van der Waals surface area contributed by atoms with Gasteiger partial charge in [-0.05, 0) is 12.8 Å². The lowest BCUT2D eigenvalue weighted by molar-refractivity contribution is 0.276. The minimum absolute atomic E-state index is 0.0396. The van der Waals surface area contributed by atoms with Crippen LogP contribution in [0.1, 0.15) is 58.0 Å². The summed E-state index contributed by atoms with van der Waals surface area (Å²) in [7, 11) is 2.05. The Balaban J connectivity index is 3.08. The molecule has 1 aromatic heterocycles. The average molecular weight is 251 g/mol. The van der Waals surface area contributed by atoms with E-state index in [-0.39, 0.29) is 12.5 Å². The van der Waals surface area contributed by atoms with Gasteiger partial charge in [-0.25, -0.2) is 9.97 Å². The molecule has 4 heteroatoms. The van der Waals surface area contributed by atoms with Crippen LogP contribution < -0.4 is 4.90 Å². The standard InChI is InChI=1S/C14H25N3O/c1-6-11(7-2)17(5)13-8-15-14(10(3)4)16-12(13)9-18/h8,10-11,18H,6-7,9H2,1-5H3. The van der Waals surface area contributed by atoms with E-state index >= 15 is 0 Å². The van der Waals surface area contributed by atoms with Gasteiger partial charge in [0.15, 0.2) is 0 Å². The summed E-state index contributed by atoms with van der Waals surface area (Å²) in [4.78, 5) is 11.0. The lowest BCUT2D eigenvalue weighted by atomic mass is 10.1. The molecule has 0 spiro atoms. The molecule has 0 unspecified atom stereocenters. The molecule has 1 aromatic rings. The summed E-state index contributed by atoms with van der Waals surface area (Å²) in [5.41, 5.74) is 1.67. The predicted molar refractivity (Wildman–Crippen MR) is 74.8 cm³/mol. The second-order valence-electron chi connectivity index (χ2n) is 4.95. The number of aromatic nitrogens is 2. The molecule has 1 rings (SSSR count). The highest BCUT2D eigenvalue weighted by Gasteiger charge is 2.17. The molecule has 0 radical (unpaired) electrons. The van der Waals surface area contributed by atoms with E-state index in [1.807, 2.05) is 13.2 Å². The first-order valence-corrected chi connectivity index (χ1v) is 6.74. The lowest BCUT2D eigenvalue weighted by Gasteiger charge is -2.29. The van der Waals surface area contributed by atoms with E-state index in [1.54, 1.807) is 0 Å². The van der Waals surface area contributed by atoms with E-state index in [0.717, 1.165) is 30.0 Å². The smallest absolute Gasteiger partial charge is 0.131 e. The molecule has 0 aromatic carbocycles. The number of rotatable bonds is 6. The van der Waals surface area contributed by atoms with Crippen LogP contribution >= 0.6 is 0 Å². The van der Waals surface area contributed by atoms with Gasteiger partial charge in [-0.3, -0.25) is 0 Å². The molecule has 18 heavy (non-hydrogen) atoms. The van der Waals surface area contributed by atoms with Crippen molar-refractivity contribution in [1.29, 1.82) is 0 Å². The van der Waals surface area contributed by atoms with E-state index < -0.39 is 0 Å². The zero-order valence-electron chi connectivity index (χ0n) is 12.1. The normalized spacial score (nSPS) is 11.3. The van der Waals surface area contributed by atoms with Crippen LogP contribution in [0.2, 0.25) is 0 Å². The number of nitrogens with zero attached hydrogens (tertiary/aromatic N) is 3. The molecule has 4 nitrogen and oxygen atoms in total. The monoisotopic (exact) mass is 251 g/mol. The second-order valence-corrected chi connectivity index (χ2v) is 4.95. The molecule has 0 atom stereocenters. The van der Waals surface area contributed by atoms with Crippen molar-refractivity contribution in [2.24, 2.45) is 0 Å². The number of aliphatic hydroxyl groups is 1. The van der Waals surface area contributed by atoms with E-state index in [1.165, 1.54) is 0 Å². The quantitative estimate of drug-likeness (QED) is 0.844. The summed E-state index contributed by atoms with van der Waals surface area (Å²) < 4.78 is 0. The molecule has 1 heterocycles. The highest BCUT2D eigenvalue weighted by molar-refractivity contribution is 5.49. The third kappa shape index (κ3) is 3.19. The van der Waals surface area contributed by atoms with Crippen LogP contribution in [0.25, 0.3) is 0 Å². The Morgan fingerprint density at radius 2 is 1.89 bits per heavy atom. The van der Waals surface area contributed by atoms with Crippen molar-refractivity contribution in [3.63, 3.8) is 0 Å². The Hall–Kier alpha value is -1.16. The molecule has 0 bridgehead atoms. The van der Waals surface area contributed by atoms with Crippen molar-refractivity contribution < 1.29 is 5.11 Å². The summed E-state index contributed by atoms with van der Waals surface area (Å²) in [6, 6.07) is 0.462. The van der Waals surface area contributed by atoms with Crippen LogP contribution in [0.5, 0.6) is 0 Å². The SMILES string of the molecule is CCC(CC)N(C)c1cnc(C(C)C)nc1CO. The van der Waals surface area contributed by atoms with Gasteiger partial charge < -0.3 is 10.0 Å². The van der Waals surface area contributed by atoms with Gasteiger partial charge in [0.2, 0.25) is 0 Å². The first-order chi connectivity index (χ1) is 8.54. The summed E-state index contributed by atoms with van der Waals surface area (Å²) in [6.45, 7) is 8.42. The molecule has 102 valence electrons. The first-order valence-electron chi connectivity index (χ1n) is 6.74. The van der Waals surface area contributed by atoms with Crippen LogP contribution in [-0.4, -0.2) is 28.2 Å². The number of hydrogen-bond donors (Lipinski definition) is 1. The van der Waals surface area contributed by atoms with E-state index in [0.29, 0.717) is 6.04 Å². The third-order valence-corrected chi connectivity index (χ3v) is 3.40. The van der Waals surface area contributed by atoms with E-state index in [4.69, 9.17) is 0 Å². The maximum Gasteiger partial charge on any atom is 0.131 e. The van der Waals surface area contributed by atoms with Crippen LogP contribution in [0, 0.1) is 0 Å². The average Bonchev–Trinajstić information content (AvgIpc) is 2.39. The van der Waals surface area contributed by atoms with Crippen LogP contribution in [0.15, 0.2) is 6.20 Å². The fourth-order valence-electron chi connectivity index (χ4n) is 2.15. The highest BCUT2D eigenvalue weighted by atomic mass is 16.3. The second kappa shape index (κ2) is 6.69. The van der Waals surface area contributed by atoms with Crippen molar-refractivity contribution in [2.75, 3.05) is 11.9 Å². The Kier molecular flexibility index (Phi) is 5.54. The fourth-order valence-corrected chi connectivity index (χ4v) is 2.15. The molecular formula is C14H25N3O. The maximum absolute atomic E-state index is 9.48. The van der Waals surface area contributed by atoms with Crippen molar-refractivity contribution in [2.45, 2.75) is 59.1 Å². The Bertz CT molecular complexity index is 375. The van der Waals surface area contributed by atoms with Crippen LogP contribution in [-0.2, 0) is 6.61 Å². The molecular weight excluding hydrogens is 226 g/mol. The highest BCUT2D eigenvalue weighted by Crippen LogP contribution is 2.23. The van der Waals surface area contributed by atoms with Gasteiger partial charge in [0, 0.05) is 19.0 Å². The number of anilines is 1. The lowest BCUT2D eigenvalue weighted by Crippen LogP contribution is -2.31. The summed E-state index contributed by atoms with van der Waals surface area (Å²) >= 11 is 0. The molecule has 0 fully saturated rings. The van der Waals surface area contributed by atoms with Crippen molar-refractivity contribution in [3.05, 3.63) is 17.7 Å². The van der Waals surface area contributed by atoms with Crippen LogP contribution in [0.4, 0.5) is 5.69 Å². The minimum atomic E-state index is -0.0396. The Labute approximate surface area is 110 Å². The molecule has 0 aliphatic carbocycles. The van der Waals surface area contributed by atoms with Gasteiger partial charge in [-0.1, -0.05) is 27.7 Å². The Morgan fingerprint density at radius 1 is 1.28 bits per heavy atom. The first kappa shape index (κ1) is 14.9. The van der Waals surface area contributed by atoms with Gasteiger partial charge in [0.1, 0.15) is 5.82 Å². The summed E-state index contributed by atoms with van der Waals surface area (Å²) in [6.07, 6.45) is 3.99. The van der Waals surface area contributed by atoms with Crippen molar-refractivity contribution in [1.82, 2.24) is 9.97 Å². The molecule has 0 saturated heterocycles. The zero-order valence-corrected chi connectivity index (χ0v) is 12.1. The van der Waals surface area contributed by atoms with Gasteiger partial charge in [-0.2, -0.15) is 0 Å². The van der Waals surface area contributed by atoms with Crippen molar-refractivity contribution in [3.8, 4) is 0 Å². The molecule has 1 N–H and O–H groups in total. The predicted octanol–water partition coefficient (Wildman–Crippen LogP) is 2.72. The van der Waals surface area contributed by atoms with E-state index in [2.05, 4.69) is 42.6 Å².